The van der Waals surface area contributed by atoms with E-state index < -0.39 is 5.91 Å². The van der Waals surface area contributed by atoms with Crippen molar-refractivity contribution in [1.82, 2.24) is 5.32 Å². The number of carbonyl (C=O) groups excluding carboxylic acids is 2. The number of amides is 2. The summed E-state index contributed by atoms with van der Waals surface area (Å²) in [4.78, 5) is 25.5. The van der Waals surface area contributed by atoms with Crippen molar-refractivity contribution in [3.05, 3.63) is 59.1 Å². The highest BCUT2D eigenvalue weighted by molar-refractivity contribution is 6.30. The first-order valence-corrected chi connectivity index (χ1v) is 8.99. The van der Waals surface area contributed by atoms with Crippen LogP contribution in [0.4, 0.5) is 5.69 Å². The minimum absolute atomic E-state index is 0.102. The summed E-state index contributed by atoms with van der Waals surface area (Å²) < 4.78 is 5.16. The van der Waals surface area contributed by atoms with Gasteiger partial charge >= 0.3 is 0 Å². The number of nitrogens with zero attached hydrogens (tertiary/aromatic N) is 1. The predicted octanol–water partition coefficient (Wildman–Crippen LogP) is 2.91. The first-order chi connectivity index (χ1) is 12.9. The standard InChI is InChI=1S/C20H24ClN3O3/c1-14(15-4-3-5-16(21)12-15)23-20(26)13-24(11-10-19(22)25)17-6-8-18(27-2)9-7-17/h3-9,12,14H,10-11,13H2,1-2H3,(H2,22,25)(H,23,26). The zero-order chi connectivity index (χ0) is 19.8. The van der Waals surface area contributed by atoms with E-state index in [1.54, 1.807) is 25.3 Å². The molecule has 0 aliphatic carbocycles. The van der Waals surface area contributed by atoms with Crippen LogP contribution in [0.3, 0.4) is 0 Å². The normalized spacial score (nSPS) is 11.5. The number of rotatable bonds is 9. The van der Waals surface area contributed by atoms with Gasteiger partial charge in [0.2, 0.25) is 11.8 Å². The number of hydrogen-bond acceptors (Lipinski definition) is 4. The van der Waals surface area contributed by atoms with Crippen LogP contribution in [0.15, 0.2) is 48.5 Å². The SMILES string of the molecule is COc1ccc(N(CCC(N)=O)CC(=O)NC(C)c2cccc(Cl)c2)cc1. The molecule has 6 nitrogen and oxygen atoms in total. The fourth-order valence-corrected chi connectivity index (χ4v) is 2.86. The molecule has 27 heavy (non-hydrogen) atoms. The Balaban J connectivity index is 2.06. The summed E-state index contributed by atoms with van der Waals surface area (Å²) in [5.41, 5.74) is 7.00. The van der Waals surface area contributed by atoms with E-state index in [0.717, 1.165) is 11.3 Å². The molecule has 144 valence electrons. The molecule has 0 radical (unpaired) electrons. The fraction of sp³-hybridized carbons (Fsp3) is 0.300. The molecule has 2 aromatic carbocycles. The van der Waals surface area contributed by atoms with Crippen molar-refractivity contribution in [1.29, 1.82) is 0 Å². The Bertz CT molecular complexity index is 780. The van der Waals surface area contributed by atoms with Gasteiger partial charge in [-0.3, -0.25) is 9.59 Å². The summed E-state index contributed by atoms with van der Waals surface area (Å²) in [7, 11) is 1.59. The maximum atomic E-state index is 12.5. The molecule has 2 aromatic rings. The third-order valence-corrected chi connectivity index (χ3v) is 4.36. The second-order valence-corrected chi connectivity index (χ2v) is 6.62. The Labute approximate surface area is 164 Å². The molecule has 0 bridgehead atoms. The van der Waals surface area contributed by atoms with Crippen molar-refractivity contribution in [3.8, 4) is 5.75 Å². The summed E-state index contributed by atoms with van der Waals surface area (Å²) in [6.07, 6.45) is 0.156. The Morgan fingerprint density at radius 2 is 1.93 bits per heavy atom. The fourth-order valence-electron chi connectivity index (χ4n) is 2.66. The lowest BCUT2D eigenvalue weighted by Gasteiger charge is -2.25. The molecule has 2 rings (SSSR count). The second kappa shape index (κ2) is 9.83. The number of primary amides is 1. The lowest BCUT2D eigenvalue weighted by molar-refractivity contribution is -0.121. The number of benzene rings is 2. The van der Waals surface area contributed by atoms with Crippen molar-refractivity contribution >= 4 is 29.1 Å². The Morgan fingerprint density at radius 3 is 2.52 bits per heavy atom. The number of ether oxygens (including phenoxy) is 1. The number of anilines is 1. The molecule has 0 saturated heterocycles. The molecule has 0 heterocycles. The average molecular weight is 390 g/mol. The molecule has 0 saturated carbocycles. The number of nitrogens with two attached hydrogens (primary N) is 1. The second-order valence-electron chi connectivity index (χ2n) is 6.18. The zero-order valence-corrected chi connectivity index (χ0v) is 16.2. The van der Waals surface area contributed by atoms with Gasteiger partial charge in [0, 0.05) is 23.7 Å². The molecule has 0 aliphatic heterocycles. The van der Waals surface area contributed by atoms with Gasteiger partial charge in [0.25, 0.3) is 0 Å². The average Bonchev–Trinajstić information content (AvgIpc) is 2.65. The van der Waals surface area contributed by atoms with E-state index in [1.165, 1.54) is 0 Å². The first kappa shape index (κ1) is 20.6. The minimum atomic E-state index is -0.416. The maximum Gasteiger partial charge on any atom is 0.239 e. The van der Waals surface area contributed by atoms with Crippen LogP contribution in [0.1, 0.15) is 24.9 Å². The molecular weight excluding hydrogens is 366 g/mol. The number of carbonyl (C=O) groups is 2. The lowest BCUT2D eigenvalue weighted by atomic mass is 10.1. The zero-order valence-electron chi connectivity index (χ0n) is 15.4. The van der Waals surface area contributed by atoms with Crippen molar-refractivity contribution in [2.75, 3.05) is 25.1 Å². The van der Waals surface area contributed by atoms with Gasteiger partial charge in [-0.15, -0.1) is 0 Å². The Hall–Kier alpha value is -2.73. The van der Waals surface area contributed by atoms with Crippen LogP contribution < -0.4 is 20.7 Å². The highest BCUT2D eigenvalue weighted by Crippen LogP contribution is 2.20. The minimum Gasteiger partial charge on any atom is -0.497 e. The highest BCUT2D eigenvalue weighted by Gasteiger charge is 2.15. The number of hydrogen-bond donors (Lipinski definition) is 2. The lowest BCUT2D eigenvalue weighted by Crippen LogP contribution is -2.39. The van der Waals surface area contributed by atoms with Gasteiger partial charge in [0.15, 0.2) is 0 Å². The van der Waals surface area contributed by atoms with Crippen LogP contribution in [0.25, 0.3) is 0 Å². The van der Waals surface area contributed by atoms with E-state index in [1.807, 2.05) is 42.2 Å². The molecule has 0 aliphatic rings. The van der Waals surface area contributed by atoms with Crippen molar-refractivity contribution in [2.45, 2.75) is 19.4 Å². The number of methoxy groups -OCH3 is 1. The number of nitrogens with one attached hydrogen (secondary N) is 1. The summed E-state index contributed by atoms with van der Waals surface area (Å²) in [5.74, 6) is 0.136. The molecule has 0 spiro atoms. The van der Waals surface area contributed by atoms with E-state index in [4.69, 9.17) is 22.1 Å². The molecule has 7 heteroatoms. The van der Waals surface area contributed by atoms with Gasteiger partial charge < -0.3 is 20.7 Å². The Kier molecular flexibility index (Phi) is 7.49. The van der Waals surface area contributed by atoms with Gasteiger partial charge in [-0.1, -0.05) is 23.7 Å². The molecule has 3 N–H and O–H groups in total. The summed E-state index contributed by atoms with van der Waals surface area (Å²) >= 11 is 6.01. The smallest absolute Gasteiger partial charge is 0.239 e. The largest absolute Gasteiger partial charge is 0.497 e. The Morgan fingerprint density at radius 1 is 1.22 bits per heavy atom. The third-order valence-electron chi connectivity index (χ3n) is 4.13. The number of halogens is 1. The summed E-state index contributed by atoms with van der Waals surface area (Å²) in [6, 6.07) is 14.5. The van der Waals surface area contributed by atoms with Gasteiger partial charge in [-0.2, -0.15) is 0 Å². The van der Waals surface area contributed by atoms with E-state index >= 15 is 0 Å². The quantitative estimate of drug-likeness (QED) is 0.690. The van der Waals surface area contributed by atoms with E-state index in [-0.39, 0.29) is 24.9 Å². The first-order valence-electron chi connectivity index (χ1n) is 8.61. The predicted molar refractivity (Wildman–Crippen MR) is 107 cm³/mol. The van der Waals surface area contributed by atoms with Crippen LogP contribution in [0, 0.1) is 0 Å². The van der Waals surface area contributed by atoms with E-state index in [9.17, 15) is 9.59 Å². The van der Waals surface area contributed by atoms with Crippen LogP contribution >= 0.6 is 11.6 Å². The van der Waals surface area contributed by atoms with Gasteiger partial charge in [-0.05, 0) is 48.9 Å². The molecular formula is C20H24ClN3O3. The van der Waals surface area contributed by atoms with Crippen molar-refractivity contribution in [2.24, 2.45) is 5.73 Å². The van der Waals surface area contributed by atoms with Gasteiger partial charge in [0.05, 0.1) is 19.7 Å². The van der Waals surface area contributed by atoms with Crippen molar-refractivity contribution < 1.29 is 14.3 Å². The monoisotopic (exact) mass is 389 g/mol. The van der Waals surface area contributed by atoms with Crippen molar-refractivity contribution in [3.63, 3.8) is 0 Å². The van der Waals surface area contributed by atoms with Crippen LogP contribution in [0.2, 0.25) is 5.02 Å². The summed E-state index contributed by atoms with van der Waals surface area (Å²) in [5, 5.41) is 3.57. The van der Waals surface area contributed by atoms with Gasteiger partial charge in [0.1, 0.15) is 5.75 Å². The third kappa shape index (κ3) is 6.49. The van der Waals surface area contributed by atoms with Crippen LogP contribution in [-0.2, 0) is 9.59 Å². The van der Waals surface area contributed by atoms with Crippen LogP contribution in [0.5, 0.6) is 5.75 Å². The molecule has 0 aromatic heterocycles. The molecule has 2 amide bonds. The van der Waals surface area contributed by atoms with E-state index in [2.05, 4.69) is 5.32 Å². The molecule has 1 atom stereocenters. The van der Waals surface area contributed by atoms with Crippen LogP contribution in [-0.4, -0.2) is 32.0 Å². The maximum absolute atomic E-state index is 12.5. The topological polar surface area (TPSA) is 84.7 Å². The van der Waals surface area contributed by atoms with E-state index in [0.29, 0.717) is 17.3 Å². The molecule has 0 fully saturated rings. The van der Waals surface area contributed by atoms with Gasteiger partial charge in [-0.25, -0.2) is 0 Å². The molecule has 1 unspecified atom stereocenters. The summed E-state index contributed by atoms with van der Waals surface area (Å²) in [6.45, 7) is 2.34. The highest BCUT2D eigenvalue weighted by atomic mass is 35.5.